The van der Waals surface area contributed by atoms with Crippen molar-refractivity contribution >= 4 is 5.97 Å². The van der Waals surface area contributed by atoms with Crippen LogP contribution in [0.1, 0.15) is 13.3 Å². The smallest absolute Gasteiger partial charge is 0.320 e. The van der Waals surface area contributed by atoms with Crippen LogP contribution in [0.25, 0.3) is 0 Å². The van der Waals surface area contributed by atoms with E-state index in [1.807, 2.05) is 0 Å². The number of aliphatic carboxylic acids is 1. The molecular weight excluding hydrogens is 206 g/mol. The Morgan fingerprint density at radius 3 is 2.00 bits per heavy atom. The SMILES string of the molecule is CCC(C(=O)O)N(CCOO)CCOO. The normalized spacial score (nSPS) is 13.1. The van der Waals surface area contributed by atoms with E-state index in [9.17, 15) is 4.79 Å². The van der Waals surface area contributed by atoms with E-state index in [0.717, 1.165) is 0 Å². The topological polar surface area (TPSA) is 99.5 Å². The number of nitrogens with zero attached hydrogens (tertiary/aromatic N) is 1. The van der Waals surface area contributed by atoms with Crippen LogP contribution >= 0.6 is 0 Å². The Morgan fingerprint density at radius 1 is 1.27 bits per heavy atom. The maximum atomic E-state index is 10.8. The monoisotopic (exact) mass is 223 g/mol. The molecule has 1 atom stereocenters. The third-order valence-electron chi connectivity index (χ3n) is 2.05. The molecule has 0 aliphatic rings. The van der Waals surface area contributed by atoms with Gasteiger partial charge < -0.3 is 5.11 Å². The summed E-state index contributed by atoms with van der Waals surface area (Å²) in [6, 6.07) is -0.671. The molecule has 0 rings (SSSR count). The van der Waals surface area contributed by atoms with Gasteiger partial charge in [0.05, 0.1) is 13.2 Å². The molecule has 0 aromatic rings. The van der Waals surface area contributed by atoms with Crippen LogP contribution in [-0.2, 0) is 14.6 Å². The molecule has 0 bridgehead atoms. The van der Waals surface area contributed by atoms with Crippen molar-refractivity contribution in [3.8, 4) is 0 Å². The summed E-state index contributed by atoms with van der Waals surface area (Å²) in [4.78, 5) is 20.2. The average molecular weight is 223 g/mol. The summed E-state index contributed by atoms with van der Waals surface area (Å²) in [5.74, 6) is -0.951. The Morgan fingerprint density at radius 2 is 1.73 bits per heavy atom. The van der Waals surface area contributed by atoms with E-state index in [0.29, 0.717) is 6.42 Å². The predicted octanol–water partition coefficient (Wildman–Crippen LogP) is 0.131. The lowest BCUT2D eigenvalue weighted by Gasteiger charge is -2.26. The summed E-state index contributed by atoms with van der Waals surface area (Å²) in [6.07, 6.45) is 0.423. The molecule has 0 aromatic heterocycles. The summed E-state index contributed by atoms with van der Waals surface area (Å²) >= 11 is 0. The highest BCUT2D eigenvalue weighted by Crippen LogP contribution is 2.04. The fraction of sp³-hybridized carbons (Fsp3) is 0.875. The molecule has 0 aromatic carbocycles. The predicted molar refractivity (Wildman–Crippen MR) is 50.4 cm³/mol. The molecule has 1 unspecified atom stereocenters. The van der Waals surface area contributed by atoms with Crippen molar-refractivity contribution in [2.24, 2.45) is 0 Å². The molecule has 0 saturated heterocycles. The van der Waals surface area contributed by atoms with Crippen LogP contribution in [0.5, 0.6) is 0 Å². The Labute approximate surface area is 87.7 Å². The first-order chi connectivity index (χ1) is 7.17. The van der Waals surface area contributed by atoms with Crippen LogP contribution in [0.2, 0.25) is 0 Å². The molecule has 0 spiro atoms. The summed E-state index contributed by atoms with van der Waals surface area (Å²) in [5.41, 5.74) is 0. The highest BCUT2D eigenvalue weighted by atomic mass is 17.1. The van der Waals surface area contributed by atoms with Gasteiger partial charge in [-0.1, -0.05) is 6.92 Å². The van der Waals surface area contributed by atoms with Crippen molar-refractivity contribution in [1.29, 1.82) is 0 Å². The fourth-order valence-electron chi connectivity index (χ4n) is 1.33. The summed E-state index contributed by atoms with van der Waals surface area (Å²) in [5, 5.41) is 25.3. The van der Waals surface area contributed by atoms with Gasteiger partial charge in [-0.2, -0.15) is 0 Å². The second kappa shape index (κ2) is 8.57. The van der Waals surface area contributed by atoms with E-state index < -0.39 is 12.0 Å². The Balaban J connectivity index is 4.22. The highest BCUT2D eigenvalue weighted by molar-refractivity contribution is 5.73. The quantitative estimate of drug-likeness (QED) is 0.377. The number of carbonyl (C=O) groups is 1. The van der Waals surface area contributed by atoms with Crippen LogP contribution < -0.4 is 0 Å². The van der Waals surface area contributed by atoms with Crippen LogP contribution in [0.4, 0.5) is 0 Å². The van der Waals surface area contributed by atoms with Crippen LogP contribution in [0.15, 0.2) is 0 Å². The first kappa shape index (κ1) is 14.3. The van der Waals surface area contributed by atoms with Crippen molar-refractivity contribution < 1.29 is 30.2 Å². The molecule has 0 heterocycles. The Hall–Kier alpha value is -0.730. The Bertz CT molecular complexity index is 169. The van der Waals surface area contributed by atoms with Gasteiger partial charge >= 0.3 is 5.97 Å². The second-order valence-corrected chi connectivity index (χ2v) is 2.96. The minimum absolute atomic E-state index is 0.00914. The standard InChI is InChI=1S/C8H17NO6/c1-2-7(8(10)11)9(3-5-14-12)4-6-15-13/h7,12-13H,2-6H2,1H3,(H,10,11). The van der Waals surface area contributed by atoms with Crippen LogP contribution in [-0.4, -0.2) is 58.8 Å². The lowest BCUT2D eigenvalue weighted by molar-refractivity contribution is -0.253. The third-order valence-corrected chi connectivity index (χ3v) is 2.05. The summed E-state index contributed by atoms with van der Waals surface area (Å²) in [7, 11) is 0. The number of carboxylic acids is 1. The maximum Gasteiger partial charge on any atom is 0.320 e. The van der Waals surface area contributed by atoms with Gasteiger partial charge in [0, 0.05) is 13.1 Å². The van der Waals surface area contributed by atoms with Crippen molar-refractivity contribution in [1.82, 2.24) is 4.90 Å². The van der Waals surface area contributed by atoms with Crippen molar-refractivity contribution in [3.05, 3.63) is 0 Å². The van der Waals surface area contributed by atoms with Gasteiger partial charge in [0.1, 0.15) is 6.04 Å². The first-order valence-electron chi connectivity index (χ1n) is 4.66. The molecule has 0 aliphatic heterocycles. The zero-order valence-electron chi connectivity index (χ0n) is 8.63. The molecule has 15 heavy (non-hydrogen) atoms. The van der Waals surface area contributed by atoms with Gasteiger partial charge in [-0.05, 0) is 6.42 Å². The zero-order chi connectivity index (χ0) is 11.7. The zero-order valence-corrected chi connectivity index (χ0v) is 8.63. The Kier molecular flexibility index (Phi) is 8.15. The fourth-order valence-corrected chi connectivity index (χ4v) is 1.33. The van der Waals surface area contributed by atoms with Crippen molar-refractivity contribution in [2.45, 2.75) is 19.4 Å². The first-order valence-corrected chi connectivity index (χ1v) is 4.66. The molecule has 0 amide bonds. The van der Waals surface area contributed by atoms with Crippen LogP contribution in [0, 0.1) is 0 Å². The van der Waals surface area contributed by atoms with Gasteiger partial charge in [-0.3, -0.25) is 20.2 Å². The molecule has 90 valence electrons. The second-order valence-electron chi connectivity index (χ2n) is 2.96. The van der Waals surface area contributed by atoms with Gasteiger partial charge in [0.25, 0.3) is 0 Å². The minimum Gasteiger partial charge on any atom is -0.480 e. The third kappa shape index (κ3) is 5.65. The lowest BCUT2D eigenvalue weighted by atomic mass is 10.2. The maximum absolute atomic E-state index is 10.8. The molecule has 0 aliphatic carbocycles. The molecule has 0 fully saturated rings. The number of hydrogen-bond donors (Lipinski definition) is 3. The lowest BCUT2D eigenvalue weighted by Crippen LogP contribution is -2.44. The summed E-state index contributed by atoms with van der Waals surface area (Å²) < 4.78 is 0. The van der Waals surface area contributed by atoms with E-state index in [1.54, 1.807) is 11.8 Å². The largest absolute Gasteiger partial charge is 0.480 e. The molecule has 7 heteroatoms. The van der Waals surface area contributed by atoms with E-state index in [1.165, 1.54) is 0 Å². The van der Waals surface area contributed by atoms with E-state index in [4.69, 9.17) is 15.6 Å². The average Bonchev–Trinajstić information content (AvgIpc) is 2.21. The molecule has 0 radical (unpaired) electrons. The van der Waals surface area contributed by atoms with Gasteiger partial charge in [-0.15, -0.1) is 0 Å². The molecule has 0 saturated carbocycles. The van der Waals surface area contributed by atoms with Crippen LogP contribution in [0.3, 0.4) is 0 Å². The van der Waals surface area contributed by atoms with Gasteiger partial charge in [-0.25, -0.2) is 9.78 Å². The van der Waals surface area contributed by atoms with Crippen molar-refractivity contribution in [3.63, 3.8) is 0 Å². The number of hydrogen-bond acceptors (Lipinski definition) is 6. The van der Waals surface area contributed by atoms with Crippen molar-refractivity contribution in [2.75, 3.05) is 26.3 Å². The number of carboxylic acid groups (broad SMARTS) is 1. The minimum atomic E-state index is -0.951. The highest BCUT2D eigenvalue weighted by Gasteiger charge is 2.23. The van der Waals surface area contributed by atoms with E-state index in [-0.39, 0.29) is 26.3 Å². The summed E-state index contributed by atoms with van der Waals surface area (Å²) in [6.45, 7) is 2.27. The van der Waals surface area contributed by atoms with Gasteiger partial charge in [0.2, 0.25) is 0 Å². The van der Waals surface area contributed by atoms with E-state index >= 15 is 0 Å². The van der Waals surface area contributed by atoms with Gasteiger partial charge in [0.15, 0.2) is 0 Å². The molecule has 7 nitrogen and oxygen atoms in total. The molecular formula is C8H17NO6. The number of rotatable bonds is 9. The van der Waals surface area contributed by atoms with E-state index in [2.05, 4.69) is 9.78 Å². The molecule has 3 N–H and O–H groups in total.